The second kappa shape index (κ2) is 9.43. The predicted octanol–water partition coefficient (Wildman–Crippen LogP) is 2.52. The van der Waals surface area contributed by atoms with E-state index < -0.39 is 0 Å². The van der Waals surface area contributed by atoms with Gasteiger partial charge < -0.3 is 10.2 Å². The summed E-state index contributed by atoms with van der Waals surface area (Å²) in [6.45, 7) is 1.32. The lowest BCUT2D eigenvalue weighted by molar-refractivity contribution is 0.0949. The van der Waals surface area contributed by atoms with Crippen molar-refractivity contribution >= 4 is 11.9 Å². The lowest BCUT2D eigenvalue weighted by Crippen LogP contribution is -2.28. The molecule has 0 aliphatic rings. The Bertz CT molecular complexity index is 855. The largest absolute Gasteiger partial charge is 0.350 e. The molecule has 3 aromatic rings. The number of carbonyl (C=O) groups excluding carboxylic acids is 1. The van der Waals surface area contributed by atoms with Gasteiger partial charge >= 0.3 is 0 Å². The van der Waals surface area contributed by atoms with Crippen LogP contribution in [0.1, 0.15) is 21.6 Å². The fourth-order valence-electron chi connectivity index (χ4n) is 2.66. The number of nitrogens with zero attached hydrogens (tertiary/aromatic N) is 4. The summed E-state index contributed by atoms with van der Waals surface area (Å²) >= 11 is 0. The van der Waals surface area contributed by atoms with Gasteiger partial charge in [-0.3, -0.25) is 9.78 Å². The van der Waals surface area contributed by atoms with Gasteiger partial charge in [0, 0.05) is 38.7 Å². The number of pyridine rings is 1. The highest BCUT2D eigenvalue weighted by atomic mass is 16.1. The molecule has 2 aromatic heterocycles. The summed E-state index contributed by atoms with van der Waals surface area (Å²) in [6, 6.07) is 15.7. The van der Waals surface area contributed by atoms with Crippen molar-refractivity contribution in [1.29, 1.82) is 0 Å². The number of amides is 1. The van der Waals surface area contributed by atoms with Gasteiger partial charge in [0.2, 0.25) is 5.95 Å². The Balaban J connectivity index is 1.53. The van der Waals surface area contributed by atoms with Crippen LogP contribution in [0.2, 0.25) is 0 Å². The Labute approximate surface area is 159 Å². The van der Waals surface area contributed by atoms with E-state index in [-0.39, 0.29) is 5.91 Å². The van der Waals surface area contributed by atoms with E-state index >= 15 is 0 Å². The molecule has 6 nitrogen and oxygen atoms in total. The number of benzene rings is 1. The molecular formula is C21H23N5O. The maximum Gasteiger partial charge on any atom is 0.270 e. The van der Waals surface area contributed by atoms with Crippen molar-refractivity contribution in [1.82, 2.24) is 20.3 Å². The van der Waals surface area contributed by atoms with Crippen LogP contribution in [0.3, 0.4) is 0 Å². The van der Waals surface area contributed by atoms with Crippen LogP contribution < -0.4 is 10.2 Å². The van der Waals surface area contributed by atoms with Crippen molar-refractivity contribution in [2.24, 2.45) is 0 Å². The molecule has 27 heavy (non-hydrogen) atoms. The number of aromatic nitrogens is 3. The average Bonchev–Trinajstić information content (AvgIpc) is 2.73. The van der Waals surface area contributed by atoms with E-state index in [0.717, 1.165) is 19.4 Å². The maximum atomic E-state index is 12.4. The van der Waals surface area contributed by atoms with Crippen LogP contribution in [-0.2, 0) is 12.8 Å². The van der Waals surface area contributed by atoms with Crippen LogP contribution in [0.25, 0.3) is 0 Å². The molecule has 6 heteroatoms. The third kappa shape index (κ3) is 5.60. The van der Waals surface area contributed by atoms with Crippen molar-refractivity contribution in [3.8, 4) is 0 Å². The second-order valence-electron chi connectivity index (χ2n) is 6.26. The standard InChI is InChI=1S/C21H23N5O/c1-26(16-11-18-7-12-22-13-8-18)21-24-15-10-19(25-21)20(27)23-14-9-17-5-3-2-4-6-17/h2-8,10,12-13,15H,9,11,14,16H2,1H3,(H,23,27). The molecule has 0 radical (unpaired) electrons. The van der Waals surface area contributed by atoms with Gasteiger partial charge in [-0.1, -0.05) is 30.3 Å². The monoisotopic (exact) mass is 361 g/mol. The molecule has 0 saturated heterocycles. The summed E-state index contributed by atoms with van der Waals surface area (Å²) in [4.78, 5) is 27.0. The first-order valence-corrected chi connectivity index (χ1v) is 8.97. The SMILES string of the molecule is CN(CCc1ccncc1)c1nccc(C(=O)NCCc2ccccc2)n1. The molecule has 0 spiro atoms. The molecule has 2 heterocycles. The first-order valence-electron chi connectivity index (χ1n) is 8.97. The van der Waals surface area contributed by atoms with Crippen LogP contribution in [0, 0.1) is 0 Å². The molecule has 1 N–H and O–H groups in total. The van der Waals surface area contributed by atoms with Crippen LogP contribution in [0.15, 0.2) is 67.1 Å². The highest BCUT2D eigenvalue weighted by Gasteiger charge is 2.11. The zero-order chi connectivity index (χ0) is 18.9. The summed E-state index contributed by atoms with van der Waals surface area (Å²) in [7, 11) is 1.92. The molecule has 138 valence electrons. The summed E-state index contributed by atoms with van der Waals surface area (Å²) in [6.07, 6.45) is 6.84. The molecule has 0 unspecified atom stereocenters. The fourth-order valence-corrected chi connectivity index (χ4v) is 2.66. The summed E-state index contributed by atoms with van der Waals surface area (Å²) in [5.74, 6) is 0.358. The smallest absolute Gasteiger partial charge is 0.270 e. The first-order chi connectivity index (χ1) is 13.2. The number of carbonyl (C=O) groups is 1. The molecule has 0 aliphatic heterocycles. The van der Waals surface area contributed by atoms with Gasteiger partial charge in [-0.2, -0.15) is 0 Å². The van der Waals surface area contributed by atoms with E-state index in [1.165, 1.54) is 11.1 Å². The van der Waals surface area contributed by atoms with E-state index in [4.69, 9.17) is 0 Å². The third-order valence-corrected chi connectivity index (χ3v) is 4.24. The number of anilines is 1. The van der Waals surface area contributed by atoms with E-state index in [1.807, 2.05) is 54.4 Å². The Kier molecular flexibility index (Phi) is 6.46. The molecule has 0 atom stereocenters. The van der Waals surface area contributed by atoms with Crippen LogP contribution in [0.5, 0.6) is 0 Å². The van der Waals surface area contributed by atoms with Gasteiger partial charge in [-0.05, 0) is 42.2 Å². The molecule has 1 amide bonds. The minimum absolute atomic E-state index is 0.183. The lowest BCUT2D eigenvalue weighted by atomic mass is 10.1. The molecule has 0 bridgehead atoms. The van der Waals surface area contributed by atoms with Crippen molar-refractivity contribution < 1.29 is 4.79 Å². The van der Waals surface area contributed by atoms with E-state index in [0.29, 0.717) is 18.2 Å². The third-order valence-electron chi connectivity index (χ3n) is 4.24. The lowest BCUT2D eigenvalue weighted by Gasteiger charge is -2.17. The van der Waals surface area contributed by atoms with E-state index in [2.05, 4.69) is 20.3 Å². The van der Waals surface area contributed by atoms with Crippen molar-refractivity contribution in [2.45, 2.75) is 12.8 Å². The van der Waals surface area contributed by atoms with Gasteiger partial charge in [0.15, 0.2) is 0 Å². The number of hydrogen-bond acceptors (Lipinski definition) is 5. The van der Waals surface area contributed by atoms with Crippen LogP contribution in [-0.4, -0.2) is 41.0 Å². The normalized spacial score (nSPS) is 10.4. The summed E-state index contributed by atoms with van der Waals surface area (Å²) in [5, 5.41) is 2.92. The van der Waals surface area contributed by atoms with Gasteiger partial charge in [0.05, 0.1) is 0 Å². The van der Waals surface area contributed by atoms with Crippen molar-refractivity contribution in [3.05, 3.63) is 83.9 Å². The van der Waals surface area contributed by atoms with Crippen molar-refractivity contribution in [3.63, 3.8) is 0 Å². The number of nitrogens with one attached hydrogen (secondary N) is 1. The molecule has 0 aliphatic carbocycles. The van der Waals surface area contributed by atoms with Crippen LogP contribution >= 0.6 is 0 Å². The minimum Gasteiger partial charge on any atom is -0.350 e. The average molecular weight is 361 g/mol. The predicted molar refractivity (Wildman–Crippen MR) is 106 cm³/mol. The molecule has 0 saturated carbocycles. The number of likely N-dealkylation sites (N-methyl/N-ethyl adjacent to an activating group) is 1. The molecule has 0 fully saturated rings. The van der Waals surface area contributed by atoms with E-state index in [1.54, 1.807) is 24.7 Å². The van der Waals surface area contributed by atoms with Gasteiger partial charge in [-0.25, -0.2) is 9.97 Å². The van der Waals surface area contributed by atoms with Gasteiger partial charge in [0.1, 0.15) is 5.69 Å². The Morgan fingerprint density at radius 2 is 1.70 bits per heavy atom. The van der Waals surface area contributed by atoms with E-state index in [9.17, 15) is 4.79 Å². The highest BCUT2D eigenvalue weighted by Crippen LogP contribution is 2.08. The van der Waals surface area contributed by atoms with Crippen molar-refractivity contribution in [2.75, 3.05) is 25.0 Å². The molecular weight excluding hydrogens is 338 g/mol. The number of rotatable bonds is 8. The zero-order valence-electron chi connectivity index (χ0n) is 15.4. The Morgan fingerprint density at radius 3 is 2.48 bits per heavy atom. The summed E-state index contributed by atoms with van der Waals surface area (Å²) in [5.41, 5.74) is 2.77. The Hall–Kier alpha value is -3.28. The van der Waals surface area contributed by atoms with Gasteiger partial charge in [-0.15, -0.1) is 0 Å². The topological polar surface area (TPSA) is 71.0 Å². The maximum absolute atomic E-state index is 12.4. The fraction of sp³-hybridized carbons (Fsp3) is 0.238. The highest BCUT2D eigenvalue weighted by molar-refractivity contribution is 5.92. The second-order valence-corrected chi connectivity index (χ2v) is 6.26. The zero-order valence-corrected chi connectivity index (χ0v) is 15.4. The quantitative estimate of drug-likeness (QED) is 0.668. The molecule has 1 aromatic carbocycles. The summed E-state index contributed by atoms with van der Waals surface area (Å²) < 4.78 is 0. The number of hydrogen-bond donors (Lipinski definition) is 1. The Morgan fingerprint density at radius 1 is 0.963 bits per heavy atom. The molecule has 3 rings (SSSR count). The first kappa shape index (κ1) is 18.5. The minimum atomic E-state index is -0.183. The van der Waals surface area contributed by atoms with Crippen LogP contribution in [0.4, 0.5) is 5.95 Å². The van der Waals surface area contributed by atoms with Gasteiger partial charge in [0.25, 0.3) is 5.91 Å².